The van der Waals surface area contributed by atoms with Crippen LogP contribution in [0.5, 0.6) is 0 Å². The zero-order valence-corrected chi connectivity index (χ0v) is 19.4. The number of fused-ring (bicyclic) bond motifs is 2. The normalized spacial score (nSPS) is 18.8. The number of anilines is 2. The molecule has 10 heteroatoms. The number of nitrogens with zero attached hydrogens (tertiary/aromatic N) is 2. The fourth-order valence-electron chi connectivity index (χ4n) is 3.87. The molecule has 2 aliphatic rings. The van der Waals surface area contributed by atoms with Gasteiger partial charge in [0, 0.05) is 16.6 Å². The second kappa shape index (κ2) is 8.22. The predicted molar refractivity (Wildman–Crippen MR) is 127 cm³/mol. The molecule has 8 nitrogen and oxygen atoms in total. The van der Waals surface area contributed by atoms with Gasteiger partial charge in [-0.3, -0.25) is 9.59 Å². The number of sulfonamides is 1. The minimum absolute atomic E-state index is 0.00510. The van der Waals surface area contributed by atoms with E-state index in [4.69, 9.17) is 0 Å². The Kier molecular flexibility index (Phi) is 5.35. The molecule has 1 unspecified atom stereocenters. The minimum atomic E-state index is -4.07. The Hall–Kier alpha value is -3.34. The molecule has 2 N–H and O–H groups in total. The smallest absolute Gasteiger partial charge is 0.286 e. The molecule has 1 amide bonds. The van der Waals surface area contributed by atoms with Crippen molar-refractivity contribution in [2.24, 2.45) is 10.3 Å². The second-order valence-corrected chi connectivity index (χ2v) is 10.0. The van der Waals surface area contributed by atoms with E-state index in [9.17, 15) is 18.0 Å². The van der Waals surface area contributed by atoms with Gasteiger partial charge in [-0.05, 0) is 42.0 Å². The van der Waals surface area contributed by atoms with Gasteiger partial charge in [-0.1, -0.05) is 52.3 Å². The number of amidine groups is 1. The molecule has 0 fully saturated rings. The number of carbonyl (C=O) groups is 2. The van der Waals surface area contributed by atoms with Crippen LogP contribution in [0.2, 0.25) is 0 Å². The summed E-state index contributed by atoms with van der Waals surface area (Å²) in [6.45, 7) is 0.307. The fraction of sp³-hybridized carbons (Fsp3) is 0.0870. The summed E-state index contributed by atoms with van der Waals surface area (Å²) in [7, 11) is -4.07. The summed E-state index contributed by atoms with van der Waals surface area (Å²) < 4.78 is 30.1. The average molecular weight is 525 g/mol. The van der Waals surface area contributed by atoms with Gasteiger partial charge in [0.15, 0.2) is 11.7 Å². The molecule has 0 aliphatic carbocycles. The Balaban J connectivity index is 1.54. The lowest BCUT2D eigenvalue weighted by atomic mass is 9.90. The maximum atomic E-state index is 13.5. The highest BCUT2D eigenvalue weighted by atomic mass is 79.9. The number of hydrogen-bond donors (Lipinski definition) is 2. The summed E-state index contributed by atoms with van der Waals surface area (Å²) in [6.07, 6.45) is 0. The molecule has 3 aromatic carbocycles. The number of Topliss-reactive ketones (excluding diaryl/α,β-unsaturated/α-hetero) is 1. The van der Waals surface area contributed by atoms with E-state index in [-0.39, 0.29) is 16.4 Å². The first-order valence-electron chi connectivity index (χ1n) is 10.0. The van der Waals surface area contributed by atoms with E-state index in [2.05, 4.69) is 31.1 Å². The second-order valence-electron chi connectivity index (χ2n) is 7.53. The molecule has 33 heavy (non-hydrogen) atoms. The van der Waals surface area contributed by atoms with Crippen molar-refractivity contribution in [1.29, 1.82) is 0 Å². The molecule has 0 bridgehead atoms. The van der Waals surface area contributed by atoms with Crippen molar-refractivity contribution >= 4 is 54.9 Å². The van der Waals surface area contributed by atoms with Crippen LogP contribution >= 0.6 is 15.9 Å². The maximum absolute atomic E-state index is 13.5. The molecule has 2 aliphatic heterocycles. The topological polar surface area (TPSA) is 108 Å². The van der Waals surface area contributed by atoms with Crippen molar-refractivity contribution in [3.05, 3.63) is 88.4 Å². The van der Waals surface area contributed by atoms with E-state index in [0.29, 0.717) is 17.8 Å². The average Bonchev–Trinajstić information content (AvgIpc) is 2.79. The zero-order valence-electron chi connectivity index (χ0n) is 17.0. The van der Waals surface area contributed by atoms with Gasteiger partial charge in [0.1, 0.15) is 10.7 Å². The first-order chi connectivity index (χ1) is 15.8. The largest absolute Gasteiger partial charge is 0.341 e. The number of rotatable bonds is 4. The number of para-hydroxylation sites is 2. The zero-order chi connectivity index (χ0) is 23.2. The third kappa shape index (κ3) is 3.86. The SMILES string of the molecule is O=C1c2ccccc2N(NCc2cccc(Br)c2)C(=O)C1C1=NS(=O)(=O)c2ccccc2N1. The molecular formula is C23H17BrN4O4S. The van der Waals surface area contributed by atoms with E-state index in [1.807, 2.05) is 24.3 Å². The summed E-state index contributed by atoms with van der Waals surface area (Å²) in [4.78, 5) is 26.8. The van der Waals surface area contributed by atoms with Gasteiger partial charge in [0.25, 0.3) is 15.9 Å². The lowest BCUT2D eigenvalue weighted by Crippen LogP contribution is -2.55. The number of hydrazine groups is 1. The predicted octanol–water partition coefficient (Wildman–Crippen LogP) is 3.51. The fourth-order valence-corrected chi connectivity index (χ4v) is 5.48. The van der Waals surface area contributed by atoms with Gasteiger partial charge in [0.2, 0.25) is 0 Å². The number of nitrogens with one attached hydrogen (secondary N) is 2. The van der Waals surface area contributed by atoms with Crippen molar-refractivity contribution in [2.75, 3.05) is 10.3 Å². The first kappa shape index (κ1) is 21.5. The molecule has 0 spiro atoms. The molecule has 0 saturated carbocycles. The number of hydrogen-bond acceptors (Lipinski definition) is 6. The number of amides is 1. The third-order valence-electron chi connectivity index (χ3n) is 5.39. The Morgan fingerprint density at radius 2 is 1.76 bits per heavy atom. The summed E-state index contributed by atoms with van der Waals surface area (Å²) >= 11 is 3.43. The van der Waals surface area contributed by atoms with Crippen LogP contribution in [-0.4, -0.2) is 25.9 Å². The monoisotopic (exact) mass is 524 g/mol. The van der Waals surface area contributed by atoms with Gasteiger partial charge in [-0.2, -0.15) is 8.42 Å². The highest BCUT2D eigenvalue weighted by molar-refractivity contribution is 9.10. The Bertz CT molecular complexity index is 1440. The van der Waals surface area contributed by atoms with Crippen molar-refractivity contribution in [1.82, 2.24) is 5.43 Å². The van der Waals surface area contributed by atoms with Crippen molar-refractivity contribution in [3.63, 3.8) is 0 Å². The van der Waals surface area contributed by atoms with Crippen molar-refractivity contribution < 1.29 is 18.0 Å². The number of benzene rings is 3. The Morgan fingerprint density at radius 1 is 1.00 bits per heavy atom. The van der Waals surface area contributed by atoms with Crippen LogP contribution in [0.15, 0.2) is 86.6 Å². The Morgan fingerprint density at radius 3 is 2.58 bits per heavy atom. The molecule has 0 aromatic heterocycles. The first-order valence-corrected chi connectivity index (χ1v) is 12.2. The van der Waals surface area contributed by atoms with E-state index in [1.54, 1.807) is 42.5 Å². The van der Waals surface area contributed by atoms with Gasteiger partial charge < -0.3 is 5.32 Å². The lowest BCUT2D eigenvalue weighted by Gasteiger charge is -2.34. The lowest BCUT2D eigenvalue weighted by molar-refractivity contribution is -0.120. The Labute approximate surface area is 198 Å². The standard InChI is InChI=1S/C23H17BrN4O4S/c24-15-7-5-6-14(12-15)13-25-28-18-10-3-1-8-16(18)21(29)20(23(28)30)22-26-17-9-2-4-11-19(17)33(31,32)27-22/h1-12,20,25H,13H2,(H,26,27). The molecule has 3 aromatic rings. The summed E-state index contributed by atoms with van der Waals surface area (Å²) in [6, 6.07) is 20.5. The van der Waals surface area contributed by atoms with Crippen molar-refractivity contribution in [3.8, 4) is 0 Å². The molecule has 1 atom stereocenters. The van der Waals surface area contributed by atoms with E-state index in [0.717, 1.165) is 10.0 Å². The molecule has 5 rings (SSSR count). The summed E-state index contributed by atoms with van der Waals surface area (Å²) in [5.41, 5.74) is 4.96. The van der Waals surface area contributed by atoms with Crippen LogP contribution in [0.4, 0.5) is 11.4 Å². The minimum Gasteiger partial charge on any atom is -0.341 e. The molecule has 0 radical (unpaired) electrons. The van der Waals surface area contributed by atoms with Crippen LogP contribution < -0.4 is 15.8 Å². The van der Waals surface area contributed by atoms with Crippen LogP contribution in [0, 0.1) is 5.92 Å². The van der Waals surface area contributed by atoms with Gasteiger partial charge in [0.05, 0.1) is 11.4 Å². The summed E-state index contributed by atoms with van der Waals surface area (Å²) in [5, 5.41) is 4.18. The molecule has 2 heterocycles. The quantitative estimate of drug-likeness (QED) is 0.505. The highest BCUT2D eigenvalue weighted by Crippen LogP contribution is 2.34. The molecule has 166 valence electrons. The van der Waals surface area contributed by atoms with Crippen LogP contribution in [0.3, 0.4) is 0 Å². The maximum Gasteiger partial charge on any atom is 0.286 e. The number of halogens is 1. The molecular weight excluding hydrogens is 508 g/mol. The van der Waals surface area contributed by atoms with Crippen molar-refractivity contribution in [2.45, 2.75) is 11.4 Å². The van der Waals surface area contributed by atoms with Crippen LogP contribution in [-0.2, 0) is 21.4 Å². The van der Waals surface area contributed by atoms with E-state index in [1.165, 1.54) is 11.1 Å². The van der Waals surface area contributed by atoms with E-state index < -0.39 is 27.6 Å². The number of carbonyl (C=O) groups excluding carboxylic acids is 2. The summed E-state index contributed by atoms with van der Waals surface area (Å²) in [5.74, 6) is -2.78. The molecule has 0 saturated heterocycles. The third-order valence-corrected chi connectivity index (χ3v) is 7.23. The van der Waals surface area contributed by atoms with E-state index >= 15 is 0 Å². The number of ketones is 1. The van der Waals surface area contributed by atoms with Gasteiger partial charge in [-0.25, -0.2) is 10.4 Å². The van der Waals surface area contributed by atoms with Crippen LogP contribution in [0.1, 0.15) is 15.9 Å². The van der Waals surface area contributed by atoms with Crippen LogP contribution in [0.25, 0.3) is 0 Å². The highest BCUT2D eigenvalue weighted by Gasteiger charge is 2.45. The van der Waals surface area contributed by atoms with Gasteiger partial charge >= 0.3 is 0 Å². The van der Waals surface area contributed by atoms with Gasteiger partial charge in [-0.15, -0.1) is 4.40 Å².